The van der Waals surface area contributed by atoms with Crippen molar-refractivity contribution in [1.82, 2.24) is 14.6 Å². The Bertz CT molecular complexity index is 896. The lowest BCUT2D eigenvalue weighted by molar-refractivity contribution is -0.120. The number of amides is 1. The smallest absolute Gasteiger partial charge is 0.250 e. The highest BCUT2D eigenvalue weighted by Crippen LogP contribution is 2.29. The number of carbonyl (C=O) groups excluding carboxylic acids is 1. The van der Waals surface area contributed by atoms with E-state index < -0.39 is 0 Å². The quantitative estimate of drug-likeness (QED) is 0.767. The first-order valence-electron chi connectivity index (χ1n) is 8.54. The predicted molar refractivity (Wildman–Crippen MR) is 98.1 cm³/mol. The fraction of sp³-hybridized carbons (Fsp3) is 0.389. The molecule has 6 nitrogen and oxygen atoms in total. The van der Waals surface area contributed by atoms with Gasteiger partial charge in [-0.3, -0.25) is 10.1 Å². The van der Waals surface area contributed by atoms with E-state index in [1.807, 2.05) is 29.6 Å². The Labute approximate surface area is 149 Å². The van der Waals surface area contributed by atoms with Crippen molar-refractivity contribution >= 4 is 28.2 Å². The summed E-state index contributed by atoms with van der Waals surface area (Å²) in [7, 11) is 1.65. The van der Waals surface area contributed by atoms with Crippen LogP contribution in [0.15, 0.2) is 29.6 Å². The van der Waals surface area contributed by atoms with Gasteiger partial charge < -0.3 is 4.74 Å². The molecular weight excluding hydrogens is 336 g/mol. The van der Waals surface area contributed by atoms with E-state index in [2.05, 4.69) is 15.4 Å². The first-order valence-corrected chi connectivity index (χ1v) is 9.42. The van der Waals surface area contributed by atoms with Gasteiger partial charge in [0.05, 0.1) is 12.8 Å². The van der Waals surface area contributed by atoms with Gasteiger partial charge in [0.25, 0.3) is 0 Å². The largest absolute Gasteiger partial charge is 0.497 e. The van der Waals surface area contributed by atoms with Gasteiger partial charge in [-0.25, -0.2) is 4.52 Å². The molecule has 7 heteroatoms. The zero-order valence-electron chi connectivity index (χ0n) is 14.1. The number of benzene rings is 1. The van der Waals surface area contributed by atoms with E-state index in [9.17, 15) is 4.79 Å². The van der Waals surface area contributed by atoms with Crippen LogP contribution in [0.3, 0.4) is 0 Å². The maximum atomic E-state index is 12.4. The first-order chi connectivity index (χ1) is 12.2. The molecule has 0 atom stereocenters. The van der Waals surface area contributed by atoms with Crippen molar-refractivity contribution < 1.29 is 9.53 Å². The van der Waals surface area contributed by atoms with E-state index in [4.69, 9.17) is 4.74 Å². The highest BCUT2D eigenvalue weighted by atomic mass is 32.1. The minimum Gasteiger partial charge on any atom is -0.497 e. The average Bonchev–Trinajstić information content (AvgIpc) is 3.22. The highest BCUT2D eigenvalue weighted by Gasteiger charge is 2.22. The molecule has 25 heavy (non-hydrogen) atoms. The Morgan fingerprint density at radius 2 is 2.16 bits per heavy atom. The van der Waals surface area contributed by atoms with Crippen LogP contribution in [0.1, 0.15) is 32.1 Å². The molecule has 0 aliphatic heterocycles. The minimum absolute atomic E-state index is 0.0425. The summed E-state index contributed by atoms with van der Waals surface area (Å²) < 4.78 is 7.06. The molecule has 0 spiro atoms. The van der Waals surface area contributed by atoms with Crippen LogP contribution in [-0.2, 0) is 4.79 Å². The molecule has 1 aliphatic rings. The number of carbonyl (C=O) groups is 1. The molecule has 1 fully saturated rings. The number of nitrogens with one attached hydrogen (secondary N) is 1. The first kappa shape index (κ1) is 16.1. The second-order valence-corrected chi connectivity index (χ2v) is 7.14. The van der Waals surface area contributed by atoms with Gasteiger partial charge >= 0.3 is 0 Å². The molecule has 4 rings (SSSR count). The second kappa shape index (κ2) is 6.84. The number of hydrogen-bond acceptors (Lipinski definition) is 5. The summed E-state index contributed by atoms with van der Waals surface area (Å²) in [5.41, 5.74) is 1.94. The molecule has 1 N–H and O–H groups in total. The lowest BCUT2D eigenvalue weighted by Gasteiger charge is -2.19. The maximum absolute atomic E-state index is 12.4. The number of hydrogen-bond donors (Lipinski definition) is 1. The zero-order valence-corrected chi connectivity index (χ0v) is 14.9. The maximum Gasteiger partial charge on any atom is 0.250 e. The summed E-state index contributed by atoms with van der Waals surface area (Å²) in [6.45, 7) is 0. The number of methoxy groups -OCH3 is 1. The van der Waals surface area contributed by atoms with E-state index in [-0.39, 0.29) is 11.8 Å². The standard InChI is InChI=1S/C18H20N4O2S/c1-24-14-9-5-8-13(10-14)15-11-25-18-20-17(21-22(15)18)19-16(23)12-6-3-2-4-7-12/h5,8-12H,2-4,6-7H2,1H3,(H,19,21,23). The predicted octanol–water partition coefficient (Wildman–Crippen LogP) is 3.99. The molecule has 0 bridgehead atoms. The van der Waals surface area contributed by atoms with Crippen molar-refractivity contribution in [2.45, 2.75) is 32.1 Å². The third-order valence-corrected chi connectivity index (χ3v) is 5.47. The monoisotopic (exact) mass is 356 g/mol. The Morgan fingerprint density at radius 3 is 2.96 bits per heavy atom. The fourth-order valence-electron chi connectivity index (χ4n) is 3.29. The van der Waals surface area contributed by atoms with Gasteiger partial charge in [0, 0.05) is 16.9 Å². The van der Waals surface area contributed by atoms with E-state index >= 15 is 0 Å². The summed E-state index contributed by atoms with van der Waals surface area (Å²) in [4.78, 5) is 17.6. The summed E-state index contributed by atoms with van der Waals surface area (Å²) in [6.07, 6.45) is 5.41. The van der Waals surface area contributed by atoms with E-state index in [0.717, 1.165) is 47.7 Å². The Hall–Kier alpha value is -2.41. The number of ether oxygens (including phenoxy) is 1. The third-order valence-electron chi connectivity index (χ3n) is 4.66. The number of aromatic nitrogens is 3. The molecule has 2 heterocycles. The van der Waals surface area contributed by atoms with Crippen molar-refractivity contribution in [3.05, 3.63) is 29.6 Å². The van der Waals surface area contributed by atoms with Crippen molar-refractivity contribution in [3.8, 4) is 17.0 Å². The van der Waals surface area contributed by atoms with Gasteiger partial charge in [0.15, 0.2) is 0 Å². The molecule has 1 saturated carbocycles. The average molecular weight is 356 g/mol. The molecule has 2 aromatic heterocycles. The van der Waals surface area contributed by atoms with Gasteiger partial charge in [-0.1, -0.05) is 31.4 Å². The molecule has 0 saturated heterocycles. The number of fused-ring (bicyclic) bond motifs is 1. The lowest BCUT2D eigenvalue weighted by Crippen LogP contribution is -2.25. The normalized spacial score (nSPS) is 15.4. The number of nitrogens with zero attached hydrogens (tertiary/aromatic N) is 3. The van der Waals surface area contributed by atoms with Gasteiger partial charge in [0.2, 0.25) is 16.8 Å². The van der Waals surface area contributed by atoms with Gasteiger partial charge in [-0.15, -0.1) is 16.4 Å². The van der Waals surface area contributed by atoms with Crippen LogP contribution >= 0.6 is 11.3 Å². The molecule has 0 radical (unpaired) electrons. The van der Waals surface area contributed by atoms with Crippen molar-refractivity contribution in [2.24, 2.45) is 5.92 Å². The van der Waals surface area contributed by atoms with Gasteiger partial charge in [-0.05, 0) is 25.0 Å². The minimum atomic E-state index is 0.0425. The Balaban J connectivity index is 1.58. The molecule has 130 valence electrons. The fourth-order valence-corrected chi connectivity index (χ4v) is 4.12. The van der Waals surface area contributed by atoms with Gasteiger partial charge in [0.1, 0.15) is 5.75 Å². The van der Waals surface area contributed by atoms with Crippen molar-refractivity contribution in [1.29, 1.82) is 0 Å². The van der Waals surface area contributed by atoms with Crippen LogP contribution in [0.2, 0.25) is 0 Å². The SMILES string of the molecule is COc1cccc(-c2csc3nc(NC(=O)C4CCCCC4)nn23)c1. The Kier molecular flexibility index (Phi) is 4.40. The van der Waals surface area contributed by atoms with E-state index in [1.54, 1.807) is 11.6 Å². The summed E-state index contributed by atoms with van der Waals surface area (Å²) in [5, 5.41) is 9.38. The summed E-state index contributed by atoms with van der Waals surface area (Å²) in [6, 6.07) is 7.82. The zero-order chi connectivity index (χ0) is 17.2. The summed E-state index contributed by atoms with van der Waals surface area (Å²) in [5.74, 6) is 1.31. The Morgan fingerprint density at radius 1 is 1.32 bits per heavy atom. The van der Waals surface area contributed by atoms with Crippen LogP contribution < -0.4 is 10.1 Å². The van der Waals surface area contributed by atoms with Crippen LogP contribution in [0.4, 0.5) is 5.95 Å². The van der Waals surface area contributed by atoms with Crippen LogP contribution in [0, 0.1) is 5.92 Å². The summed E-state index contributed by atoms with van der Waals surface area (Å²) >= 11 is 1.50. The second-order valence-electron chi connectivity index (χ2n) is 6.31. The van der Waals surface area contributed by atoms with Crippen LogP contribution in [0.5, 0.6) is 5.75 Å². The van der Waals surface area contributed by atoms with Crippen LogP contribution in [-0.4, -0.2) is 27.6 Å². The molecule has 0 unspecified atom stereocenters. The number of rotatable bonds is 4. The van der Waals surface area contributed by atoms with Crippen molar-refractivity contribution in [3.63, 3.8) is 0 Å². The highest BCUT2D eigenvalue weighted by molar-refractivity contribution is 7.15. The number of anilines is 1. The van der Waals surface area contributed by atoms with Crippen LogP contribution in [0.25, 0.3) is 16.2 Å². The molecular formula is C18H20N4O2S. The topological polar surface area (TPSA) is 68.5 Å². The molecule has 1 aliphatic carbocycles. The molecule has 3 aromatic rings. The van der Waals surface area contributed by atoms with Gasteiger partial charge in [-0.2, -0.15) is 4.98 Å². The lowest BCUT2D eigenvalue weighted by atomic mass is 9.89. The third kappa shape index (κ3) is 3.24. The number of thiazole rings is 1. The van der Waals surface area contributed by atoms with E-state index in [1.165, 1.54) is 17.8 Å². The van der Waals surface area contributed by atoms with E-state index in [0.29, 0.717) is 5.95 Å². The van der Waals surface area contributed by atoms with Crippen molar-refractivity contribution in [2.75, 3.05) is 12.4 Å². The molecule has 1 amide bonds. The molecule has 1 aromatic carbocycles.